The van der Waals surface area contributed by atoms with Crippen molar-refractivity contribution in [3.05, 3.63) is 48.5 Å². The summed E-state index contributed by atoms with van der Waals surface area (Å²) in [6, 6.07) is 8.95. The van der Waals surface area contributed by atoms with Crippen LogP contribution >= 0.6 is 0 Å². The lowest BCUT2D eigenvalue weighted by molar-refractivity contribution is 0.0978. The van der Waals surface area contributed by atoms with E-state index < -0.39 is 0 Å². The summed E-state index contributed by atoms with van der Waals surface area (Å²) >= 11 is 0. The van der Waals surface area contributed by atoms with E-state index in [1.54, 1.807) is 19.5 Å². The summed E-state index contributed by atoms with van der Waals surface area (Å²) in [5, 5.41) is 0. The predicted octanol–water partition coefficient (Wildman–Crippen LogP) is 1.82. The van der Waals surface area contributed by atoms with Crippen molar-refractivity contribution in [2.75, 3.05) is 33.3 Å². The van der Waals surface area contributed by atoms with Gasteiger partial charge in [0.1, 0.15) is 18.2 Å². The molecule has 0 saturated carbocycles. The number of fused-ring (bicyclic) bond motifs is 1. The standard InChI is InChI=1S/C19H24N4O2/c1-24-17-4-2-15(3-5-17)11-22-6-7-23-13-18(8-16(23)12-22)25-19-9-20-14-21-10-19/h2-5,9-10,14,16,18H,6-8,11-13H2,1H3/t16-,18-/m0/s1. The molecule has 2 atom stereocenters. The molecule has 6 heteroatoms. The summed E-state index contributed by atoms with van der Waals surface area (Å²) in [7, 11) is 1.70. The molecule has 0 spiro atoms. The first-order chi connectivity index (χ1) is 12.3. The van der Waals surface area contributed by atoms with Gasteiger partial charge in [-0.2, -0.15) is 0 Å². The SMILES string of the molecule is COc1ccc(CN2CCN3C[C@@H](Oc4cncnc4)C[C@H]3C2)cc1. The molecule has 2 fully saturated rings. The number of aromatic nitrogens is 2. The van der Waals surface area contributed by atoms with E-state index in [1.165, 1.54) is 11.9 Å². The van der Waals surface area contributed by atoms with Crippen LogP contribution in [0.2, 0.25) is 0 Å². The molecule has 2 aromatic rings. The number of hydrogen-bond donors (Lipinski definition) is 0. The third-order valence-corrected chi connectivity index (χ3v) is 5.07. The fourth-order valence-corrected chi connectivity index (χ4v) is 3.82. The van der Waals surface area contributed by atoms with Crippen LogP contribution in [0.4, 0.5) is 0 Å². The van der Waals surface area contributed by atoms with E-state index in [1.807, 2.05) is 12.1 Å². The maximum Gasteiger partial charge on any atom is 0.156 e. The molecule has 0 unspecified atom stereocenters. The lowest BCUT2D eigenvalue weighted by atomic mass is 10.1. The third kappa shape index (κ3) is 3.91. The van der Waals surface area contributed by atoms with Gasteiger partial charge in [-0.05, 0) is 17.7 Å². The molecular weight excluding hydrogens is 316 g/mol. The smallest absolute Gasteiger partial charge is 0.156 e. The summed E-state index contributed by atoms with van der Waals surface area (Å²) in [6.45, 7) is 5.29. The van der Waals surface area contributed by atoms with Crippen molar-refractivity contribution in [2.24, 2.45) is 0 Å². The zero-order valence-electron chi connectivity index (χ0n) is 14.5. The van der Waals surface area contributed by atoms with Gasteiger partial charge in [0, 0.05) is 45.2 Å². The molecule has 0 amide bonds. The third-order valence-electron chi connectivity index (χ3n) is 5.07. The van der Waals surface area contributed by atoms with E-state index in [0.29, 0.717) is 6.04 Å². The molecule has 2 aliphatic rings. The van der Waals surface area contributed by atoms with Gasteiger partial charge in [0.2, 0.25) is 0 Å². The highest BCUT2D eigenvalue weighted by atomic mass is 16.5. The topological polar surface area (TPSA) is 50.7 Å². The number of benzene rings is 1. The van der Waals surface area contributed by atoms with Crippen molar-refractivity contribution in [2.45, 2.75) is 25.1 Å². The van der Waals surface area contributed by atoms with Crippen LogP contribution in [0.5, 0.6) is 11.5 Å². The van der Waals surface area contributed by atoms with E-state index in [9.17, 15) is 0 Å². The van der Waals surface area contributed by atoms with Crippen LogP contribution in [0, 0.1) is 0 Å². The van der Waals surface area contributed by atoms with Crippen molar-refractivity contribution in [1.29, 1.82) is 0 Å². The number of piperazine rings is 1. The summed E-state index contributed by atoms with van der Waals surface area (Å²) in [5.41, 5.74) is 1.33. The van der Waals surface area contributed by atoms with Gasteiger partial charge in [-0.15, -0.1) is 0 Å². The van der Waals surface area contributed by atoms with Gasteiger partial charge in [0.15, 0.2) is 5.75 Å². The minimum atomic E-state index is 0.233. The monoisotopic (exact) mass is 340 g/mol. The van der Waals surface area contributed by atoms with Gasteiger partial charge in [-0.3, -0.25) is 9.80 Å². The molecule has 132 valence electrons. The first-order valence-corrected chi connectivity index (χ1v) is 8.81. The molecule has 0 N–H and O–H groups in total. The number of hydrogen-bond acceptors (Lipinski definition) is 6. The highest BCUT2D eigenvalue weighted by molar-refractivity contribution is 5.27. The largest absolute Gasteiger partial charge is 0.497 e. The van der Waals surface area contributed by atoms with Crippen molar-refractivity contribution in [1.82, 2.24) is 19.8 Å². The first-order valence-electron chi connectivity index (χ1n) is 8.81. The highest BCUT2D eigenvalue weighted by Crippen LogP contribution is 2.26. The van der Waals surface area contributed by atoms with Crippen LogP contribution in [-0.4, -0.2) is 65.2 Å². The van der Waals surface area contributed by atoms with Gasteiger partial charge < -0.3 is 9.47 Å². The second-order valence-corrected chi connectivity index (χ2v) is 6.78. The molecule has 1 aromatic carbocycles. The Hall–Kier alpha value is -2.18. The molecule has 1 aromatic heterocycles. The fourth-order valence-electron chi connectivity index (χ4n) is 3.82. The Bertz CT molecular complexity index is 680. The minimum Gasteiger partial charge on any atom is -0.497 e. The van der Waals surface area contributed by atoms with Crippen molar-refractivity contribution in [3.63, 3.8) is 0 Å². The Balaban J connectivity index is 1.32. The van der Waals surface area contributed by atoms with Crippen LogP contribution in [0.3, 0.4) is 0 Å². The fraction of sp³-hybridized carbons (Fsp3) is 0.474. The second-order valence-electron chi connectivity index (χ2n) is 6.78. The van der Waals surface area contributed by atoms with E-state index in [-0.39, 0.29) is 6.10 Å². The summed E-state index contributed by atoms with van der Waals surface area (Å²) in [6.07, 6.45) is 6.30. The molecule has 0 bridgehead atoms. The first kappa shape index (κ1) is 16.3. The van der Waals surface area contributed by atoms with Crippen LogP contribution in [0.1, 0.15) is 12.0 Å². The van der Waals surface area contributed by atoms with Crippen molar-refractivity contribution >= 4 is 0 Å². The molecule has 25 heavy (non-hydrogen) atoms. The van der Waals surface area contributed by atoms with Gasteiger partial charge >= 0.3 is 0 Å². The van der Waals surface area contributed by atoms with Crippen LogP contribution in [0.15, 0.2) is 43.0 Å². The molecule has 3 heterocycles. The van der Waals surface area contributed by atoms with Crippen LogP contribution in [-0.2, 0) is 6.54 Å². The molecule has 4 rings (SSSR count). The van der Waals surface area contributed by atoms with Gasteiger partial charge in [0.05, 0.1) is 19.5 Å². The average molecular weight is 340 g/mol. The van der Waals surface area contributed by atoms with Gasteiger partial charge in [0.25, 0.3) is 0 Å². The Labute approximate surface area is 148 Å². The predicted molar refractivity (Wildman–Crippen MR) is 94.7 cm³/mol. The van der Waals surface area contributed by atoms with E-state index in [4.69, 9.17) is 9.47 Å². The van der Waals surface area contributed by atoms with Crippen molar-refractivity contribution in [3.8, 4) is 11.5 Å². The van der Waals surface area contributed by atoms with E-state index >= 15 is 0 Å². The van der Waals surface area contributed by atoms with Gasteiger partial charge in [-0.1, -0.05) is 12.1 Å². The average Bonchev–Trinajstić information content (AvgIpc) is 3.04. The number of methoxy groups -OCH3 is 1. The second kappa shape index (κ2) is 7.37. The van der Waals surface area contributed by atoms with Crippen LogP contribution in [0.25, 0.3) is 0 Å². The maximum absolute atomic E-state index is 6.05. The molecule has 0 radical (unpaired) electrons. The Morgan fingerprint density at radius 2 is 1.84 bits per heavy atom. The van der Waals surface area contributed by atoms with Gasteiger partial charge in [-0.25, -0.2) is 9.97 Å². The minimum absolute atomic E-state index is 0.233. The highest BCUT2D eigenvalue weighted by Gasteiger charge is 2.37. The summed E-state index contributed by atoms with van der Waals surface area (Å²) in [5.74, 6) is 1.68. The van der Waals surface area contributed by atoms with E-state index in [2.05, 4.69) is 31.9 Å². The molecule has 2 aliphatic heterocycles. The maximum atomic E-state index is 6.05. The normalized spacial score (nSPS) is 24.0. The lowest BCUT2D eigenvalue weighted by Crippen LogP contribution is -2.49. The Kier molecular flexibility index (Phi) is 4.81. The Morgan fingerprint density at radius 3 is 2.60 bits per heavy atom. The number of nitrogens with zero attached hydrogens (tertiary/aromatic N) is 4. The van der Waals surface area contributed by atoms with Crippen molar-refractivity contribution < 1.29 is 9.47 Å². The molecule has 2 saturated heterocycles. The summed E-state index contributed by atoms with van der Waals surface area (Å²) in [4.78, 5) is 13.1. The zero-order chi connectivity index (χ0) is 17.1. The molecule has 6 nitrogen and oxygen atoms in total. The number of ether oxygens (including phenoxy) is 2. The number of rotatable bonds is 5. The zero-order valence-corrected chi connectivity index (χ0v) is 14.5. The molecular formula is C19H24N4O2. The Morgan fingerprint density at radius 1 is 1.04 bits per heavy atom. The summed E-state index contributed by atoms with van der Waals surface area (Å²) < 4.78 is 11.3. The molecule has 0 aliphatic carbocycles. The van der Waals surface area contributed by atoms with E-state index in [0.717, 1.165) is 50.6 Å². The quantitative estimate of drug-likeness (QED) is 0.828. The lowest BCUT2D eigenvalue weighted by Gasteiger charge is -2.37. The van der Waals surface area contributed by atoms with Crippen LogP contribution < -0.4 is 9.47 Å².